The second-order valence-electron chi connectivity index (χ2n) is 5.40. The zero-order valence-corrected chi connectivity index (χ0v) is 14.7. The SMILES string of the molecule is Cc1ccc(C2=NC(=O)/C(=C/C3C=C(Br)C(O)=C(O)C3)S2)cc1. The third kappa shape index (κ3) is 3.43. The first-order valence-electron chi connectivity index (χ1n) is 7.02. The van der Waals surface area contributed by atoms with Gasteiger partial charge in [0.15, 0.2) is 5.76 Å². The molecule has 0 saturated carbocycles. The second-order valence-corrected chi connectivity index (χ2v) is 7.28. The van der Waals surface area contributed by atoms with E-state index in [9.17, 15) is 15.0 Å². The summed E-state index contributed by atoms with van der Waals surface area (Å²) < 4.78 is 0.429. The first-order chi connectivity index (χ1) is 10.9. The first kappa shape index (κ1) is 16.1. The van der Waals surface area contributed by atoms with Crippen molar-refractivity contribution in [3.05, 3.63) is 68.5 Å². The maximum atomic E-state index is 12.1. The highest BCUT2D eigenvalue weighted by molar-refractivity contribution is 9.11. The second kappa shape index (κ2) is 6.37. The van der Waals surface area contributed by atoms with Crippen molar-refractivity contribution < 1.29 is 15.0 Å². The number of aliphatic hydroxyl groups excluding tert-OH is 2. The summed E-state index contributed by atoms with van der Waals surface area (Å²) in [5, 5.41) is 20.0. The van der Waals surface area contributed by atoms with Crippen molar-refractivity contribution >= 4 is 38.6 Å². The molecule has 1 aliphatic carbocycles. The topological polar surface area (TPSA) is 69.9 Å². The Morgan fingerprint density at radius 1 is 1.30 bits per heavy atom. The Bertz CT molecular complexity index is 791. The molecule has 1 aliphatic heterocycles. The van der Waals surface area contributed by atoms with Gasteiger partial charge in [0.05, 0.1) is 9.39 Å². The fourth-order valence-corrected chi connectivity index (χ4v) is 3.86. The standard InChI is InChI=1S/C17H14BrNO3S/c1-9-2-4-11(5-3-9)17-19-16(22)14(23-17)8-10-6-12(18)15(21)13(20)7-10/h2-6,8,10,20-21H,7H2,1H3/b14-8-. The summed E-state index contributed by atoms with van der Waals surface area (Å²) in [5.74, 6) is -0.675. The molecule has 2 N–H and O–H groups in total. The lowest BCUT2D eigenvalue weighted by atomic mass is 9.98. The smallest absolute Gasteiger partial charge is 0.284 e. The van der Waals surface area contributed by atoms with Gasteiger partial charge in [0, 0.05) is 17.9 Å². The van der Waals surface area contributed by atoms with Gasteiger partial charge in [0.1, 0.15) is 10.8 Å². The van der Waals surface area contributed by atoms with Crippen LogP contribution in [0.5, 0.6) is 0 Å². The highest BCUT2D eigenvalue weighted by Gasteiger charge is 2.26. The summed E-state index contributed by atoms with van der Waals surface area (Å²) in [5.41, 5.74) is 2.07. The van der Waals surface area contributed by atoms with Crippen LogP contribution in [-0.4, -0.2) is 21.2 Å². The molecule has 3 rings (SSSR count). The quantitative estimate of drug-likeness (QED) is 0.726. The Morgan fingerprint density at radius 3 is 2.65 bits per heavy atom. The van der Waals surface area contributed by atoms with Crippen molar-refractivity contribution in [2.75, 3.05) is 0 Å². The Labute approximate surface area is 146 Å². The predicted octanol–water partition coefficient (Wildman–Crippen LogP) is 4.53. The number of benzene rings is 1. The van der Waals surface area contributed by atoms with E-state index in [1.54, 1.807) is 12.2 Å². The highest BCUT2D eigenvalue weighted by atomic mass is 79.9. The number of carbonyl (C=O) groups excluding carboxylic acids is 1. The predicted molar refractivity (Wildman–Crippen MR) is 95.8 cm³/mol. The number of aliphatic hydroxyl groups is 2. The molecule has 0 bridgehead atoms. The van der Waals surface area contributed by atoms with Crippen molar-refractivity contribution in [1.82, 2.24) is 0 Å². The fraction of sp³-hybridized carbons (Fsp3) is 0.176. The minimum Gasteiger partial charge on any atom is -0.508 e. The number of hydrogen-bond donors (Lipinski definition) is 2. The zero-order valence-electron chi connectivity index (χ0n) is 12.3. The number of halogens is 1. The molecule has 1 unspecified atom stereocenters. The van der Waals surface area contributed by atoms with E-state index < -0.39 is 0 Å². The molecule has 2 aliphatic rings. The van der Waals surface area contributed by atoms with Crippen LogP contribution in [0.4, 0.5) is 0 Å². The molecule has 1 atom stereocenters. The molecule has 0 saturated heterocycles. The van der Waals surface area contributed by atoms with Crippen LogP contribution in [0, 0.1) is 12.8 Å². The maximum absolute atomic E-state index is 12.1. The van der Waals surface area contributed by atoms with Gasteiger partial charge in [-0.15, -0.1) is 0 Å². The maximum Gasteiger partial charge on any atom is 0.284 e. The monoisotopic (exact) mass is 391 g/mol. The summed E-state index contributed by atoms with van der Waals surface area (Å²) >= 11 is 4.53. The normalized spacial score (nSPS) is 23.3. The van der Waals surface area contributed by atoms with E-state index in [2.05, 4.69) is 20.9 Å². The van der Waals surface area contributed by atoms with Crippen molar-refractivity contribution in [3.8, 4) is 0 Å². The van der Waals surface area contributed by atoms with E-state index in [4.69, 9.17) is 0 Å². The number of thioether (sulfide) groups is 1. The first-order valence-corrected chi connectivity index (χ1v) is 8.63. The van der Waals surface area contributed by atoms with Crippen LogP contribution in [0.15, 0.2) is 62.3 Å². The van der Waals surface area contributed by atoms with Crippen molar-refractivity contribution in [2.45, 2.75) is 13.3 Å². The summed E-state index contributed by atoms with van der Waals surface area (Å²) in [7, 11) is 0. The zero-order chi connectivity index (χ0) is 16.6. The Hall–Kier alpha value is -1.79. The molecule has 0 radical (unpaired) electrons. The van der Waals surface area contributed by atoms with Gasteiger partial charge in [0.25, 0.3) is 5.91 Å². The third-order valence-corrected chi connectivity index (χ3v) is 5.26. The average molecular weight is 392 g/mol. The van der Waals surface area contributed by atoms with E-state index in [0.717, 1.165) is 11.1 Å². The van der Waals surface area contributed by atoms with E-state index in [1.165, 1.54) is 11.8 Å². The lowest BCUT2D eigenvalue weighted by molar-refractivity contribution is -0.113. The minimum absolute atomic E-state index is 0.0867. The van der Waals surface area contributed by atoms with Crippen molar-refractivity contribution in [3.63, 3.8) is 0 Å². The van der Waals surface area contributed by atoms with E-state index in [1.807, 2.05) is 31.2 Å². The van der Waals surface area contributed by atoms with Gasteiger partial charge in [-0.3, -0.25) is 4.79 Å². The molecule has 1 aromatic carbocycles. The summed E-state index contributed by atoms with van der Waals surface area (Å²) in [6.07, 6.45) is 3.81. The van der Waals surface area contributed by atoms with Crippen LogP contribution in [0.2, 0.25) is 0 Å². The van der Waals surface area contributed by atoms with Gasteiger partial charge in [-0.2, -0.15) is 0 Å². The van der Waals surface area contributed by atoms with Gasteiger partial charge in [-0.1, -0.05) is 53.7 Å². The number of hydrogen-bond acceptors (Lipinski definition) is 4. The van der Waals surface area contributed by atoms with Crippen LogP contribution in [0.3, 0.4) is 0 Å². The van der Waals surface area contributed by atoms with Crippen LogP contribution in [0.1, 0.15) is 17.5 Å². The summed E-state index contributed by atoms with van der Waals surface area (Å²) in [6.45, 7) is 2.01. The molecule has 0 aromatic heterocycles. The number of aryl methyl sites for hydroxylation is 1. The number of amides is 1. The Kier molecular flexibility index (Phi) is 4.46. The molecule has 1 aromatic rings. The lowest BCUT2D eigenvalue weighted by Gasteiger charge is -2.16. The third-order valence-electron chi connectivity index (χ3n) is 3.57. The Morgan fingerprint density at radius 2 is 2.00 bits per heavy atom. The summed E-state index contributed by atoms with van der Waals surface area (Å²) in [6, 6.07) is 7.86. The van der Waals surface area contributed by atoms with Crippen LogP contribution >= 0.6 is 27.7 Å². The van der Waals surface area contributed by atoms with Gasteiger partial charge < -0.3 is 10.2 Å². The highest BCUT2D eigenvalue weighted by Crippen LogP contribution is 2.35. The van der Waals surface area contributed by atoms with E-state index in [-0.39, 0.29) is 29.8 Å². The molecule has 118 valence electrons. The lowest BCUT2D eigenvalue weighted by Crippen LogP contribution is -2.06. The molecule has 23 heavy (non-hydrogen) atoms. The van der Waals surface area contributed by atoms with E-state index >= 15 is 0 Å². The molecular weight excluding hydrogens is 378 g/mol. The van der Waals surface area contributed by atoms with E-state index in [0.29, 0.717) is 14.4 Å². The van der Waals surface area contributed by atoms with Crippen molar-refractivity contribution in [1.29, 1.82) is 0 Å². The number of aliphatic imine (C=N–C) groups is 1. The van der Waals surface area contributed by atoms with Crippen LogP contribution in [0.25, 0.3) is 0 Å². The molecule has 6 heteroatoms. The number of carbonyl (C=O) groups is 1. The largest absolute Gasteiger partial charge is 0.508 e. The van der Waals surface area contributed by atoms with Crippen molar-refractivity contribution in [2.24, 2.45) is 10.9 Å². The average Bonchev–Trinajstić information content (AvgIpc) is 2.86. The Balaban J connectivity index is 1.79. The van der Waals surface area contributed by atoms with Gasteiger partial charge >= 0.3 is 0 Å². The molecule has 4 nitrogen and oxygen atoms in total. The number of nitrogens with zero attached hydrogens (tertiary/aromatic N) is 1. The van der Waals surface area contributed by atoms with Crippen LogP contribution < -0.4 is 0 Å². The fourth-order valence-electron chi connectivity index (χ4n) is 2.33. The molecule has 1 amide bonds. The van der Waals surface area contributed by atoms with Gasteiger partial charge in [-0.25, -0.2) is 4.99 Å². The van der Waals surface area contributed by atoms with Gasteiger partial charge in [0.2, 0.25) is 0 Å². The van der Waals surface area contributed by atoms with Gasteiger partial charge in [-0.05, 0) is 22.9 Å². The number of allylic oxidation sites excluding steroid dienone is 4. The number of rotatable bonds is 2. The molecular formula is C17H14BrNO3S. The minimum atomic E-state index is -0.270. The van der Waals surface area contributed by atoms with Crippen LogP contribution in [-0.2, 0) is 4.79 Å². The summed E-state index contributed by atoms with van der Waals surface area (Å²) in [4.78, 5) is 16.7. The molecule has 0 spiro atoms. The molecule has 0 fully saturated rings. The molecule has 1 heterocycles.